The van der Waals surface area contributed by atoms with Gasteiger partial charge in [0.15, 0.2) is 0 Å². The van der Waals surface area contributed by atoms with Crippen molar-refractivity contribution in [1.82, 2.24) is 68.3 Å². The van der Waals surface area contributed by atoms with Gasteiger partial charge in [-0.3, -0.25) is 76.7 Å². The van der Waals surface area contributed by atoms with E-state index in [-0.39, 0.29) is 51.6 Å². The zero-order chi connectivity index (χ0) is 68.5. The molecule has 516 valence electrons. The molecule has 3 saturated heterocycles. The van der Waals surface area contributed by atoms with Crippen LogP contribution in [0.25, 0.3) is 0 Å². The maximum absolute atomic E-state index is 14.8. The second kappa shape index (κ2) is 41.1. The van der Waals surface area contributed by atoms with Crippen molar-refractivity contribution >= 4 is 94.7 Å². The number of unbranched alkanes of at least 4 members (excludes halogenated alkanes) is 11. The number of carboxylic acids is 3. The molecule has 15 N–H and O–H groups in total. The molecule has 3 aliphatic rings. The maximum atomic E-state index is 14.8. The summed E-state index contributed by atoms with van der Waals surface area (Å²) in [6, 6.07) is -13.5. The molecule has 0 aromatic rings. The van der Waals surface area contributed by atoms with Crippen LogP contribution in [-0.4, -0.2) is 225 Å². The Morgan fingerprint density at radius 3 is 1.52 bits per heavy atom. The topological polar surface area (TPSA) is 493 Å². The lowest BCUT2D eigenvalue weighted by molar-refractivity contribution is -0.146. The summed E-state index contributed by atoms with van der Waals surface area (Å²) < 4.78 is 0. The highest BCUT2D eigenvalue weighted by Crippen LogP contribution is 2.23. The second-order valence-corrected chi connectivity index (χ2v) is 23.4. The molecule has 0 spiro atoms. The summed E-state index contributed by atoms with van der Waals surface area (Å²) >= 11 is 0. The fourth-order valence-corrected chi connectivity index (χ4v) is 10.6. The summed E-state index contributed by atoms with van der Waals surface area (Å²) in [5.41, 5.74) is 0. The highest BCUT2D eigenvalue weighted by atomic mass is 16.4. The van der Waals surface area contributed by atoms with Crippen molar-refractivity contribution in [2.75, 3.05) is 45.8 Å². The minimum Gasteiger partial charge on any atom is -0.481 e. The minimum absolute atomic E-state index is 0.0328. The Hall–Kier alpha value is -8.52. The average Bonchev–Trinajstić information content (AvgIpc) is 1.46. The molecule has 3 aliphatic heterocycles. The fourth-order valence-electron chi connectivity index (χ4n) is 10.6. The molecule has 0 radical (unpaired) electrons. The lowest BCUT2D eigenvalue weighted by atomic mass is 9.96. The van der Waals surface area contributed by atoms with Gasteiger partial charge in [-0.15, -0.1) is 0 Å². The Morgan fingerprint density at radius 2 is 1.01 bits per heavy atom. The maximum Gasteiger partial charge on any atom is 0.305 e. The van der Waals surface area contributed by atoms with Crippen molar-refractivity contribution < 1.29 is 97.1 Å². The predicted octanol–water partition coefficient (Wildman–Crippen LogP) is -3.20. The Labute approximate surface area is 533 Å². The van der Waals surface area contributed by atoms with Crippen LogP contribution in [0.1, 0.15) is 169 Å². The van der Waals surface area contributed by atoms with Crippen molar-refractivity contribution in [3.8, 4) is 0 Å². The van der Waals surface area contributed by atoms with Crippen LogP contribution in [0, 0.1) is 5.92 Å². The van der Waals surface area contributed by atoms with Crippen LogP contribution in [0.3, 0.4) is 0 Å². The molecule has 13 amide bonds. The standard InChI is InChI=1S/C59H95N13O20/c1-5-7-8-9-10-11-12-13-14-15-16-17-23-42(74)60-30-43(75)67-38(28-49(83)84)54(87)68-39-29-61-55(88)41-22-20-25-72(41)59(92)50(34(3)6-2)70-57(90)51(35(4)73)69-46(78)33-63-53(86)37(27-48(81)82)65-44(76)31-62-52(85)36(26-47(79)80)66-45(77)32-64-56(89)40-21-18-19-24-71(40)58(39)91/h34-41,50-51,73H,5-33H2,1-4H3,(H,60,74)(H,61,88)(H,62,85)(H,63,86)(H,64,89)(H,65,76)(H,66,77)(H,67,75)(H,68,87)(H,69,78)(H,70,90)(H,79,80)(H,81,82)(H,83,84)/t34-,35-,36+,37+,38+,39+,40+,41+,50+,51+/m1/s1. The number of aliphatic hydroxyl groups is 1. The van der Waals surface area contributed by atoms with E-state index >= 15 is 0 Å². The number of fused-ring (bicyclic) bond motifs is 2. The minimum atomic E-state index is -1.91. The number of amides is 13. The van der Waals surface area contributed by atoms with Crippen LogP contribution in [0.15, 0.2) is 0 Å². The van der Waals surface area contributed by atoms with Crippen LogP contribution in [-0.2, 0) is 76.7 Å². The number of carbonyl (C=O) groups is 16. The smallest absolute Gasteiger partial charge is 0.305 e. The second-order valence-electron chi connectivity index (χ2n) is 23.4. The molecule has 10 atom stereocenters. The number of rotatable bonds is 27. The summed E-state index contributed by atoms with van der Waals surface area (Å²) in [6.45, 7) is 2.02. The molecule has 0 unspecified atom stereocenters. The van der Waals surface area contributed by atoms with Gasteiger partial charge in [-0.25, -0.2) is 0 Å². The van der Waals surface area contributed by atoms with Gasteiger partial charge >= 0.3 is 17.9 Å². The molecule has 0 aromatic carbocycles. The van der Waals surface area contributed by atoms with Gasteiger partial charge in [0.1, 0.15) is 48.3 Å². The number of hydrogen-bond acceptors (Lipinski definition) is 17. The number of carbonyl (C=O) groups excluding carboxylic acids is 13. The lowest BCUT2D eigenvalue weighted by Gasteiger charge is -2.37. The molecule has 3 rings (SSSR count). The van der Waals surface area contributed by atoms with E-state index in [1.807, 2.05) is 5.32 Å². The van der Waals surface area contributed by atoms with Crippen molar-refractivity contribution in [3.05, 3.63) is 0 Å². The highest BCUT2D eigenvalue weighted by Gasteiger charge is 2.43. The largest absolute Gasteiger partial charge is 0.481 e. The molecule has 0 aromatic heterocycles. The zero-order valence-electron chi connectivity index (χ0n) is 53.0. The molecular formula is C59H95N13O20. The molecule has 0 bridgehead atoms. The average molecular weight is 1310 g/mol. The number of aliphatic hydroxyl groups excluding tert-OH is 1. The first-order valence-electron chi connectivity index (χ1n) is 31.8. The molecule has 33 heteroatoms. The third kappa shape index (κ3) is 27.9. The quantitative estimate of drug-likeness (QED) is 0.0360. The third-order valence-corrected chi connectivity index (χ3v) is 15.9. The first kappa shape index (κ1) is 77.7. The molecule has 3 fully saturated rings. The van der Waals surface area contributed by atoms with E-state index in [2.05, 4.69) is 60.1 Å². The van der Waals surface area contributed by atoms with Gasteiger partial charge < -0.3 is 88.7 Å². The van der Waals surface area contributed by atoms with Crippen LogP contribution in [0.4, 0.5) is 0 Å². The molecule has 33 nitrogen and oxygen atoms in total. The van der Waals surface area contributed by atoms with Crippen molar-refractivity contribution in [3.63, 3.8) is 0 Å². The summed E-state index contributed by atoms with van der Waals surface area (Å²) in [7, 11) is 0. The first-order valence-corrected chi connectivity index (χ1v) is 31.8. The number of piperidine rings is 1. The Kier molecular flexibility index (Phi) is 34.7. The molecule has 0 saturated carbocycles. The molecular weight excluding hydrogens is 1210 g/mol. The van der Waals surface area contributed by atoms with Gasteiger partial charge in [-0.05, 0) is 51.4 Å². The van der Waals surface area contributed by atoms with Gasteiger partial charge in [-0.2, -0.15) is 0 Å². The zero-order valence-corrected chi connectivity index (χ0v) is 53.0. The van der Waals surface area contributed by atoms with Gasteiger partial charge in [-0.1, -0.05) is 97.8 Å². The normalized spacial score (nSPS) is 23.3. The van der Waals surface area contributed by atoms with E-state index in [4.69, 9.17) is 0 Å². The Balaban J connectivity index is 1.96. The number of nitrogens with zero attached hydrogens (tertiary/aromatic N) is 2. The Morgan fingerprint density at radius 1 is 0.533 bits per heavy atom. The summed E-state index contributed by atoms with van der Waals surface area (Å²) in [4.78, 5) is 215. The molecule has 92 heavy (non-hydrogen) atoms. The van der Waals surface area contributed by atoms with Gasteiger partial charge in [0, 0.05) is 26.1 Å². The monoisotopic (exact) mass is 1310 g/mol. The van der Waals surface area contributed by atoms with E-state index < -0.39 is 207 Å². The van der Waals surface area contributed by atoms with E-state index in [1.165, 1.54) is 38.5 Å². The van der Waals surface area contributed by atoms with Crippen molar-refractivity contribution in [2.24, 2.45) is 5.92 Å². The van der Waals surface area contributed by atoms with E-state index in [0.717, 1.165) is 48.8 Å². The predicted molar refractivity (Wildman–Crippen MR) is 324 cm³/mol. The SMILES string of the molecule is CCCCCCCCCCCCCCC(=O)NCC(=O)N[C@@H](CC(=O)O)C(=O)N[C@H]1CNC(=O)[C@@H]2CCCN2C(=O)[C@H]([C@H](C)CC)NC(=O)[C@H]([C@@H](C)O)NC(=O)CNC(=O)[C@H](CC(=O)O)NC(=O)CNC(=O)[C@H](CC(=O)O)NC(=O)CNC(=O)[C@@H]2CCCCN2C1=O. The van der Waals surface area contributed by atoms with Crippen molar-refractivity contribution in [2.45, 2.75) is 223 Å². The van der Waals surface area contributed by atoms with Crippen LogP contribution in [0.5, 0.6) is 0 Å². The van der Waals surface area contributed by atoms with Crippen molar-refractivity contribution in [1.29, 1.82) is 0 Å². The van der Waals surface area contributed by atoms with Gasteiger partial charge in [0.2, 0.25) is 76.8 Å². The van der Waals surface area contributed by atoms with E-state index in [9.17, 15) is 97.1 Å². The summed E-state index contributed by atoms with van der Waals surface area (Å²) in [5, 5.41) is 64.7. The van der Waals surface area contributed by atoms with Crippen LogP contribution >= 0.6 is 0 Å². The van der Waals surface area contributed by atoms with E-state index in [1.54, 1.807) is 13.8 Å². The molecule has 0 aliphatic carbocycles. The lowest BCUT2D eigenvalue weighted by Crippen LogP contribution is -2.63. The van der Waals surface area contributed by atoms with E-state index in [0.29, 0.717) is 12.8 Å². The third-order valence-electron chi connectivity index (χ3n) is 15.9. The number of carboxylic acid groups (broad SMARTS) is 3. The number of nitrogens with one attached hydrogen (secondary N) is 11. The van der Waals surface area contributed by atoms with Crippen LogP contribution < -0.4 is 58.5 Å². The van der Waals surface area contributed by atoms with Gasteiger partial charge in [0.05, 0.1) is 51.5 Å². The Bertz CT molecular complexity index is 2610. The summed E-state index contributed by atoms with van der Waals surface area (Å²) in [6.07, 6.45) is 9.27. The van der Waals surface area contributed by atoms with Crippen LogP contribution in [0.2, 0.25) is 0 Å². The number of aliphatic carboxylic acids is 3. The first-order chi connectivity index (χ1) is 43.7. The number of hydrogen-bond donors (Lipinski definition) is 15. The van der Waals surface area contributed by atoms with Gasteiger partial charge in [0.25, 0.3) is 0 Å². The summed E-state index contributed by atoms with van der Waals surface area (Å²) in [5.74, 6) is -18.9. The molecule has 3 heterocycles. The highest BCUT2D eigenvalue weighted by molar-refractivity contribution is 6.00. The fraction of sp³-hybridized carbons (Fsp3) is 0.729.